The maximum atomic E-state index is 11.3. The monoisotopic (exact) mass is 291 g/mol. The standard InChI is InChI=1S/C15H14ClNO3/c1-20-15(18)13(17-19)9-8-11-7-6-10-4-2-3-5-12(10)14(11)16/h2-7,13H,8-9H2,1H3. The predicted molar refractivity (Wildman–Crippen MR) is 78.9 cm³/mol. The Balaban J connectivity index is 2.20. The summed E-state index contributed by atoms with van der Waals surface area (Å²) in [4.78, 5) is 22.0. The summed E-state index contributed by atoms with van der Waals surface area (Å²) in [6.45, 7) is 0. The first kappa shape index (κ1) is 14.5. The molecule has 0 aliphatic heterocycles. The van der Waals surface area contributed by atoms with Crippen LogP contribution in [-0.2, 0) is 16.0 Å². The number of methoxy groups -OCH3 is 1. The number of carbonyl (C=O) groups is 1. The van der Waals surface area contributed by atoms with Crippen LogP contribution in [0, 0.1) is 4.91 Å². The van der Waals surface area contributed by atoms with Gasteiger partial charge in [0.1, 0.15) is 0 Å². The Morgan fingerprint density at radius 1 is 1.30 bits per heavy atom. The fourth-order valence-corrected chi connectivity index (χ4v) is 2.44. The number of fused-ring (bicyclic) bond motifs is 1. The number of carbonyl (C=O) groups excluding carboxylic acids is 1. The van der Waals surface area contributed by atoms with E-state index in [4.69, 9.17) is 11.6 Å². The largest absolute Gasteiger partial charge is 0.467 e. The van der Waals surface area contributed by atoms with E-state index in [2.05, 4.69) is 9.91 Å². The lowest BCUT2D eigenvalue weighted by Crippen LogP contribution is -2.20. The Morgan fingerprint density at radius 2 is 2.05 bits per heavy atom. The number of rotatable bonds is 5. The maximum Gasteiger partial charge on any atom is 0.334 e. The third-order valence-electron chi connectivity index (χ3n) is 3.23. The summed E-state index contributed by atoms with van der Waals surface area (Å²) in [6.07, 6.45) is 0.781. The molecule has 0 radical (unpaired) electrons. The molecule has 1 atom stereocenters. The van der Waals surface area contributed by atoms with Crippen molar-refractivity contribution in [2.24, 2.45) is 5.18 Å². The summed E-state index contributed by atoms with van der Waals surface area (Å²) in [5.41, 5.74) is 0.892. The SMILES string of the molecule is COC(=O)C(CCc1ccc2ccccc2c1Cl)N=O. The van der Waals surface area contributed by atoms with Gasteiger partial charge in [-0.05, 0) is 23.8 Å². The Kier molecular flexibility index (Phi) is 4.69. The van der Waals surface area contributed by atoms with Crippen molar-refractivity contribution in [3.63, 3.8) is 0 Å². The summed E-state index contributed by atoms with van der Waals surface area (Å²) in [6, 6.07) is 10.7. The van der Waals surface area contributed by atoms with E-state index in [1.165, 1.54) is 7.11 Å². The summed E-state index contributed by atoms with van der Waals surface area (Å²) in [5, 5.41) is 5.46. The zero-order valence-corrected chi connectivity index (χ0v) is 11.8. The molecule has 2 aromatic carbocycles. The molecule has 1 unspecified atom stereocenters. The number of nitrogens with zero attached hydrogens (tertiary/aromatic N) is 1. The first-order valence-electron chi connectivity index (χ1n) is 6.23. The Morgan fingerprint density at radius 3 is 2.75 bits per heavy atom. The maximum absolute atomic E-state index is 11.3. The minimum absolute atomic E-state index is 0.286. The molecule has 0 amide bonds. The number of halogens is 1. The normalized spacial score (nSPS) is 12.1. The molecule has 0 bridgehead atoms. The van der Waals surface area contributed by atoms with Crippen LogP contribution in [0.4, 0.5) is 0 Å². The van der Waals surface area contributed by atoms with Crippen molar-refractivity contribution in [3.8, 4) is 0 Å². The average Bonchev–Trinajstić information content (AvgIpc) is 2.49. The Bertz CT molecular complexity index is 642. The molecule has 2 rings (SSSR count). The van der Waals surface area contributed by atoms with Gasteiger partial charge in [0.25, 0.3) is 0 Å². The number of hydrogen-bond acceptors (Lipinski definition) is 4. The molecule has 0 heterocycles. The van der Waals surface area contributed by atoms with Crippen molar-refractivity contribution < 1.29 is 9.53 Å². The van der Waals surface area contributed by atoms with Gasteiger partial charge in [-0.3, -0.25) is 0 Å². The highest BCUT2D eigenvalue weighted by Gasteiger charge is 2.20. The molecular weight excluding hydrogens is 278 g/mol. The van der Waals surface area contributed by atoms with Crippen molar-refractivity contribution in [2.45, 2.75) is 18.9 Å². The van der Waals surface area contributed by atoms with Crippen molar-refractivity contribution in [2.75, 3.05) is 7.11 Å². The van der Waals surface area contributed by atoms with Crippen LogP contribution in [0.3, 0.4) is 0 Å². The second-order valence-corrected chi connectivity index (χ2v) is 4.82. The van der Waals surface area contributed by atoms with E-state index in [1.54, 1.807) is 0 Å². The zero-order valence-electron chi connectivity index (χ0n) is 11.0. The van der Waals surface area contributed by atoms with E-state index < -0.39 is 12.0 Å². The molecule has 0 fully saturated rings. The molecule has 4 nitrogen and oxygen atoms in total. The summed E-state index contributed by atoms with van der Waals surface area (Å²) < 4.78 is 4.53. The number of nitroso groups, excluding NO2 is 1. The van der Waals surface area contributed by atoms with Crippen LogP contribution in [-0.4, -0.2) is 19.1 Å². The van der Waals surface area contributed by atoms with E-state index in [9.17, 15) is 9.70 Å². The first-order valence-corrected chi connectivity index (χ1v) is 6.61. The summed E-state index contributed by atoms with van der Waals surface area (Å²) in [7, 11) is 1.24. The van der Waals surface area contributed by atoms with Crippen LogP contribution in [0.1, 0.15) is 12.0 Å². The fourth-order valence-electron chi connectivity index (χ4n) is 2.11. The highest BCUT2D eigenvalue weighted by atomic mass is 35.5. The molecule has 104 valence electrons. The van der Waals surface area contributed by atoms with E-state index in [-0.39, 0.29) is 6.42 Å². The molecule has 5 heteroatoms. The topological polar surface area (TPSA) is 55.7 Å². The molecular formula is C15H14ClNO3. The molecule has 0 aliphatic carbocycles. The van der Waals surface area contributed by atoms with Gasteiger partial charge in [-0.1, -0.05) is 53.2 Å². The summed E-state index contributed by atoms with van der Waals surface area (Å²) in [5.74, 6) is -0.614. The number of hydrogen-bond donors (Lipinski definition) is 0. The first-order chi connectivity index (χ1) is 9.67. The highest BCUT2D eigenvalue weighted by Crippen LogP contribution is 2.28. The summed E-state index contributed by atoms with van der Waals surface area (Å²) >= 11 is 6.36. The van der Waals surface area contributed by atoms with Gasteiger partial charge >= 0.3 is 5.97 Å². The Labute approximate surface area is 121 Å². The van der Waals surface area contributed by atoms with Gasteiger partial charge in [0.05, 0.1) is 12.1 Å². The van der Waals surface area contributed by atoms with Gasteiger partial charge in [-0.25, -0.2) is 4.79 Å². The number of esters is 1. The molecule has 0 N–H and O–H groups in total. The third-order valence-corrected chi connectivity index (χ3v) is 3.68. The fraction of sp³-hybridized carbons (Fsp3) is 0.267. The molecule has 2 aromatic rings. The van der Waals surface area contributed by atoms with E-state index in [1.807, 2.05) is 36.4 Å². The lowest BCUT2D eigenvalue weighted by atomic mass is 10.0. The van der Waals surface area contributed by atoms with Gasteiger partial charge in [-0.2, -0.15) is 0 Å². The molecule has 0 saturated carbocycles. The average molecular weight is 292 g/mol. The van der Waals surface area contributed by atoms with Crippen molar-refractivity contribution in [3.05, 3.63) is 51.9 Å². The van der Waals surface area contributed by atoms with Crippen LogP contribution in [0.15, 0.2) is 41.6 Å². The van der Waals surface area contributed by atoms with Crippen LogP contribution >= 0.6 is 11.6 Å². The minimum atomic E-state index is -0.984. The van der Waals surface area contributed by atoms with E-state index in [0.29, 0.717) is 11.4 Å². The predicted octanol–water partition coefficient (Wildman–Crippen LogP) is 3.73. The molecule has 20 heavy (non-hydrogen) atoms. The second-order valence-electron chi connectivity index (χ2n) is 4.44. The van der Waals surface area contributed by atoms with Crippen LogP contribution in [0.5, 0.6) is 0 Å². The van der Waals surface area contributed by atoms with Crippen LogP contribution in [0.2, 0.25) is 5.02 Å². The second kappa shape index (κ2) is 6.48. The highest BCUT2D eigenvalue weighted by molar-refractivity contribution is 6.36. The number of ether oxygens (including phenoxy) is 1. The lowest BCUT2D eigenvalue weighted by Gasteiger charge is -2.10. The quantitative estimate of drug-likeness (QED) is 0.623. The minimum Gasteiger partial charge on any atom is -0.467 e. The van der Waals surface area contributed by atoms with Gasteiger partial charge in [0.2, 0.25) is 0 Å². The molecule has 0 aromatic heterocycles. The van der Waals surface area contributed by atoms with Crippen LogP contribution in [0.25, 0.3) is 10.8 Å². The van der Waals surface area contributed by atoms with Gasteiger partial charge in [0, 0.05) is 5.39 Å². The molecule has 0 saturated heterocycles. The van der Waals surface area contributed by atoms with E-state index >= 15 is 0 Å². The number of aryl methyl sites for hydroxylation is 1. The smallest absolute Gasteiger partial charge is 0.334 e. The van der Waals surface area contributed by atoms with Crippen molar-refractivity contribution in [1.29, 1.82) is 0 Å². The van der Waals surface area contributed by atoms with E-state index in [0.717, 1.165) is 16.3 Å². The van der Waals surface area contributed by atoms with Crippen molar-refractivity contribution >= 4 is 28.3 Å². The van der Waals surface area contributed by atoms with Gasteiger partial charge < -0.3 is 4.74 Å². The van der Waals surface area contributed by atoms with Gasteiger partial charge in [0.15, 0.2) is 6.04 Å². The Hall–Kier alpha value is -1.94. The molecule has 0 spiro atoms. The van der Waals surface area contributed by atoms with Gasteiger partial charge in [-0.15, -0.1) is 4.91 Å². The third kappa shape index (κ3) is 2.96. The number of benzene rings is 2. The zero-order chi connectivity index (χ0) is 14.5. The lowest BCUT2D eigenvalue weighted by molar-refractivity contribution is -0.142. The van der Waals surface area contributed by atoms with Crippen molar-refractivity contribution in [1.82, 2.24) is 0 Å². The van der Waals surface area contributed by atoms with Crippen LogP contribution < -0.4 is 0 Å². The molecule has 0 aliphatic rings.